The van der Waals surface area contributed by atoms with E-state index < -0.39 is 11.6 Å². The number of cyclic esters (lactones) is 1. The Bertz CT molecular complexity index is 905. The van der Waals surface area contributed by atoms with Crippen LogP contribution in [0.3, 0.4) is 0 Å². The summed E-state index contributed by atoms with van der Waals surface area (Å²) in [7, 11) is 1.66. The van der Waals surface area contributed by atoms with Crippen molar-refractivity contribution in [1.82, 2.24) is 4.90 Å². The number of rotatable bonds is 3. The van der Waals surface area contributed by atoms with Crippen molar-refractivity contribution >= 4 is 17.6 Å². The Morgan fingerprint density at radius 3 is 2.46 bits per heavy atom. The number of amides is 1. The van der Waals surface area contributed by atoms with Gasteiger partial charge in [-0.3, -0.25) is 4.79 Å². The summed E-state index contributed by atoms with van der Waals surface area (Å²) in [6.07, 6.45) is 0.403. The van der Waals surface area contributed by atoms with Crippen LogP contribution in [0.15, 0.2) is 48.5 Å². The van der Waals surface area contributed by atoms with Crippen molar-refractivity contribution in [2.45, 2.75) is 18.9 Å². The van der Waals surface area contributed by atoms with E-state index in [1.54, 1.807) is 25.0 Å². The Hall–Kier alpha value is -3.02. The largest absolute Gasteiger partial charge is 0.495 e. The lowest BCUT2D eigenvalue weighted by Crippen LogP contribution is -2.58. The first-order chi connectivity index (χ1) is 13.5. The number of hydrogen-bond donors (Lipinski definition) is 0. The minimum atomic E-state index is -1.15. The molecule has 0 aromatic heterocycles. The van der Waals surface area contributed by atoms with Gasteiger partial charge in [0.25, 0.3) is 5.91 Å². The summed E-state index contributed by atoms with van der Waals surface area (Å²) in [6.45, 7) is 4.27. The average molecular weight is 380 g/mol. The first-order valence-electron chi connectivity index (χ1n) is 9.50. The number of para-hydroxylation sites is 2. The third-order valence-corrected chi connectivity index (χ3v) is 5.53. The predicted molar refractivity (Wildman–Crippen MR) is 106 cm³/mol. The number of carbonyl (C=O) groups excluding carboxylic acids is 2. The standard InChI is InChI=1S/C22H24N2O4/c1-22(15-16-7-3-4-8-17(16)20(25)28-22)21(26)24-13-11-23(12-14-24)18-9-5-6-10-19(18)27-2/h3-10H,11-15H2,1-2H3. The van der Waals surface area contributed by atoms with Crippen LogP contribution in [0, 0.1) is 0 Å². The van der Waals surface area contributed by atoms with Crippen LogP contribution in [-0.4, -0.2) is 55.7 Å². The molecule has 0 aliphatic carbocycles. The lowest BCUT2D eigenvalue weighted by Gasteiger charge is -2.41. The maximum Gasteiger partial charge on any atom is 0.339 e. The van der Waals surface area contributed by atoms with Gasteiger partial charge in [0.1, 0.15) is 5.75 Å². The van der Waals surface area contributed by atoms with E-state index in [4.69, 9.17) is 9.47 Å². The minimum absolute atomic E-state index is 0.130. The van der Waals surface area contributed by atoms with Crippen molar-refractivity contribution in [1.29, 1.82) is 0 Å². The molecule has 2 heterocycles. The van der Waals surface area contributed by atoms with E-state index >= 15 is 0 Å². The van der Waals surface area contributed by atoms with Crippen LogP contribution in [0.2, 0.25) is 0 Å². The number of fused-ring (bicyclic) bond motifs is 1. The second-order valence-electron chi connectivity index (χ2n) is 7.41. The normalized spacial score (nSPS) is 21.7. The number of anilines is 1. The van der Waals surface area contributed by atoms with Crippen molar-refractivity contribution in [2.75, 3.05) is 38.2 Å². The maximum absolute atomic E-state index is 13.2. The van der Waals surface area contributed by atoms with Crippen LogP contribution in [0.1, 0.15) is 22.8 Å². The van der Waals surface area contributed by atoms with Gasteiger partial charge in [0.05, 0.1) is 18.4 Å². The van der Waals surface area contributed by atoms with Crippen LogP contribution in [0.4, 0.5) is 5.69 Å². The molecule has 1 saturated heterocycles. The zero-order valence-electron chi connectivity index (χ0n) is 16.2. The van der Waals surface area contributed by atoms with Crippen LogP contribution < -0.4 is 9.64 Å². The Balaban J connectivity index is 1.46. The fourth-order valence-corrected chi connectivity index (χ4v) is 4.03. The molecule has 1 unspecified atom stereocenters. The molecule has 6 heteroatoms. The summed E-state index contributed by atoms with van der Waals surface area (Å²) in [6, 6.07) is 15.2. The zero-order chi connectivity index (χ0) is 19.7. The molecular weight excluding hydrogens is 356 g/mol. The predicted octanol–water partition coefficient (Wildman–Crippen LogP) is 2.52. The third-order valence-electron chi connectivity index (χ3n) is 5.53. The second kappa shape index (κ2) is 7.19. The number of piperazine rings is 1. The number of esters is 1. The van der Waals surface area contributed by atoms with Gasteiger partial charge in [-0.25, -0.2) is 4.79 Å². The Morgan fingerprint density at radius 2 is 1.71 bits per heavy atom. The minimum Gasteiger partial charge on any atom is -0.495 e. The molecule has 2 aromatic carbocycles. The Kier molecular flexibility index (Phi) is 4.71. The van der Waals surface area contributed by atoms with E-state index in [1.807, 2.05) is 42.5 Å². The fraction of sp³-hybridized carbons (Fsp3) is 0.364. The zero-order valence-corrected chi connectivity index (χ0v) is 16.2. The van der Waals surface area contributed by atoms with Crippen LogP contribution in [0.5, 0.6) is 5.75 Å². The first-order valence-corrected chi connectivity index (χ1v) is 9.50. The van der Waals surface area contributed by atoms with Gasteiger partial charge in [-0.1, -0.05) is 30.3 Å². The molecule has 2 aliphatic heterocycles. The van der Waals surface area contributed by atoms with Gasteiger partial charge in [-0.2, -0.15) is 0 Å². The van der Waals surface area contributed by atoms with Gasteiger partial charge < -0.3 is 19.3 Å². The van der Waals surface area contributed by atoms with Crippen molar-refractivity contribution in [3.63, 3.8) is 0 Å². The average Bonchev–Trinajstić information content (AvgIpc) is 2.73. The lowest BCUT2D eigenvalue weighted by atomic mass is 9.88. The summed E-state index contributed by atoms with van der Waals surface area (Å²) >= 11 is 0. The summed E-state index contributed by atoms with van der Waals surface area (Å²) in [4.78, 5) is 29.6. The van der Waals surface area contributed by atoms with Gasteiger partial charge in [0, 0.05) is 32.6 Å². The van der Waals surface area contributed by atoms with Gasteiger partial charge >= 0.3 is 5.97 Å². The Labute approximate surface area is 164 Å². The number of benzene rings is 2. The second-order valence-corrected chi connectivity index (χ2v) is 7.41. The smallest absolute Gasteiger partial charge is 0.339 e. The number of methoxy groups -OCH3 is 1. The fourth-order valence-electron chi connectivity index (χ4n) is 4.03. The monoisotopic (exact) mass is 380 g/mol. The van der Waals surface area contributed by atoms with Crippen molar-refractivity contribution in [3.05, 3.63) is 59.7 Å². The molecular formula is C22H24N2O4. The number of hydrogen-bond acceptors (Lipinski definition) is 5. The van der Waals surface area contributed by atoms with E-state index in [2.05, 4.69) is 4.90 Å². The van der Waals surface area contributed by atoms with Crippen molar-refractivity contribution in [3.8, 4) is 5.75 Å². The summed E-state index contributed by atoms with van der Waals surface area (Å²) in [5, 5.41) is 0. The van der Waals surface area contributed by atoms with Gasteiger partial charge in [0.15, 0.2) is 5.60 Å². The first kappa shape index (κ1) is 18.3. The molecule has 146 valence electrons. The summed E-state index contributed by atoms with van der Waals surface area (Å²) in [5.74, 6) is 0.271. The van der Waals surface area contributed by atoms with E-state index in [0.29, 0.717) is 38.2 Å². The van der Waals surface area contributed by atoms with E-state index in [-0.39, 0.29) is 5.91 Å². The van der Waals surface area contributed by atoms with Crippen LogP contribution >= 0.6 is 0 Å². The molecule has 1 atom stereocenters. The SMILES string of the molecule is COc1ccccc1N1CCN(C(=O)C2(C)Cc3ccccc3C(=O)O2)CC1. The number of ether oxygens (including phenoxy) is 2. The van der Waals surface area contributed by atoms with E-state index in [9.17, 15) is 9.59 Å². The van der Waals surface area contributed by atoms with Gasteiger partial charge in [-0.05, 0) is 30.7 Å². The quantitative estimate of drug-likeness (QED) is 0.766. The molecule has 6 nitrogen and oxygen atoms in total. The van der Waals surface area contributed by atoms with Crippen molar-refractivity contribution < 1.29 is 19.1 Å². The molecule has 28 heavy (non-hydrogen) atoms. The van der Waals surface area contributed by atoms with Crippen LogP contribution in [-0.2, 0) is 16.0 Å². The molecule has 2 aromatic rings. The summed E-state index contributed by atoms with van der Waals surface area (Å²) in [5.41, 5.74) is 1.29. The molecule has 0 spiro atoms. The van der Waals surface area contributed by atoms with E-state index in [1.165, 1.54) is 0 Å². The topological polar surface area (TPSA) is 59.1 Å². The molecule has 0 radical (unpaired) electrons. The number of carbonyl (C=O) groups is 2. The molecule has 0 N–H and O–H groups in total. The third kappa shape index (κ3) is 3.19. The molecule has 0 saturated carbocycles. The molecule has 2 aliphatic rings. The molecule has 1 fully saturated rings. The molecule has 1 amide bonds. The van der Waals surface area contributed by atoms with Crippen LogP contribution in [0.25, 0.3) is 0 Å². The van der Waals surface area contributed by atoms with Gasteiger partial charge in [0.2, 0.25) is 0 Å². The number of nitrogens with zero attached hydrogens (tertiary/aromatic N) is 2. The van der Waals surface area contributed by atoms with Crippen molar-refractivity contribution in [2.24, 2.45) is 0 Å². The highest BCUT2D eigenvalue weighted by Gasteiger charge is 2.45. The van der Waals surface area contributed by atoms with Gasteiger partial charge in [-0.15, -0.1) is 0 Å². The maximum atomic E-state index is 13.2. The summed E-state index contributed by atoms with van der Waals surface area (Å²) < 4.78 is 11.0. The highest BCUT2D eigenvalue weighted by Crippen LogP contribution is 2.32. The Morgan fingerprint density at radius 1 is 1.04 bits per heavy atom. The van der Waals surface area contributed by atoms with E-state index in [0.717, 1.165) is 17.0 Å². The lowest BCUT2D eigenvalue weighted by molar-refractivity contribution is -0.151. The molecule has 0 bridgehead atoms. The molecule has 4 rings (SSSR count). The highest BCUT2D eigenvalue weighted by atomic mass is 16.6. The highest BCUT2D eigenvalue weighted by molar-refractivity contribution is 5.97.